The summed E-state index contributed by atoms with van der Waals surface area (Å²) >= 11 is 5.39. The number of carbonyl (C=O) groups excluding carboxylic acids is 2. The summed E-state index contributed by atoms with van der Waals surface area (Å²) in [5, 5.41) is -0.694. The zero-order chi connectivity index (χ0) is 11.4. The Hall–Kier alpha value is -0.770. The molecule has 15 heavy (non-hydrogen) atoms. The fraction of sp³-hybridized carbons (Fsp3) is 0.800. The van der Waals surface area contributed by atoms with Crippen molar-refractivity contribution >= 4 is 23.0 Å². The number of hydrogen-bond donors (Lipinski definition) is 0. The van der Waals surface area contributed by atoms with E-state index in [1.807, 2.05) is 0 Å². The number of halogens is 1. The summed E-state index contributed by atoms with van der Waals surface area (Å²) in [6.45, 7) is 5.02. The van der Waals surface area contributed by atoms with Gasteiger partial charge in [-0.1, -0.05) is 0 Å². The summed E-state index contributed by atoms with van der Waals surface area (Å²) in [4.78, 5) is 25.8. The average molecular weight is 233 g/mol. The molecule has 5 heteroatoms. The average Bonchev–Trinajstić information content (AvgIpc) is 2.18. The Bertz CT molecular complexity index is 250. The number of carbonyl (C=O) groups is 2. The number of urea groups is 1. The lowest BCUT2D eigenvalue weighted by Crippen LogP contribution is -2.49. The molecule has 0 saturated carbocycles. The van der Waals surface area contributed by atoms with Crippen LogP contribution in [0.1, 0.15) is 33.1 Å². The van der Waals surface area contributed by atoms with Gasteiger partial charge in [-0.15, -0.1) is 0 Å². The van der Waals surface area contributed by atoms with E-state index in [2.05, 4.69) is 0 Å². The van der Waals surface area contributed by atoms with E-state index in [0.29, 0.717) is 0 Å². The van der Waals surface area contributed by atoms with Crippen molar-refractivity contribution in [3.63, 3.8) is 0 Å². The molecule has 1 aliphatic rings. The highest BCUT2D eigenvalue weighted by atomic mass is 35.5. The SMILES string of the molecule is CC(C)N(C(=O)Cl)C(=O)N1CCCCC1. The lowest BCUT2D eigenvalue weighted by molar-refractivity contribution is 0.144. The summed E-state index contributed by atoms with van der Waals surface area (Å²) in [7, 11) is 0. The van der Waals surface area contributed by atoms with Crippen LogP contribution in [0.3, 0.4) is 0 Å². The number of imide groups is 1. The lowest BCUT2D eigenvalue weighted by atomic mass is 10.1. The number of amides is 3. The van der Waals surface area contributed by atoms with Crippen LogP contribution >= 0.6 is 11.6 Å². The molecule has 1 fully saturated rings. The van der Waals surface area contributed by atoms with Gasteiger partial charge in [0, 0.05) is 19.1 Å². The van der Waals surface area contributed by atoms with Gasteiger partial charge in [-0.05, 0) is 44.7 Å². The van der Waals surface area contributed by atoms with Crippen LogP contribution in [0.2, 0.25) is 0 Å². The molecule has 0 spiro atoms. The molecule has 0 aromatic carbocycles. The van der Waals surface area contributed by atoms with Gasteiger partial charge in [-0.25, -0.2) is 9.69 Å². The van der Waals surface area contributed by atoms with Crippen molar-refractivity contribution in [2.45, 2.75) is 39.2 Å². The number of piperidine rings is 1. The maximum atomic E-state index is 11.9. The number of rotatable bonds is 1. The van der Waals surface area contributed by atoms with Gasteiger partial charge in [0.2, 0.25) is 0 Å². The van der Waals surface area contributed by atoms with E-state index in [4.69, 9.17) is 11.6 Å². The first-order chi connectivity index (χ1) is 7.04. The molecular weight excluding hydrogens is 216 g/mol. The topological polar surface area (TPSA) is 40.6 Å². The molecule has 86 valence electrons. The van der Waals surface area contributed by atoms with Crippen molar-refractivity contribution in [1.29, 1.82) is 0 Å². The van der Waals surface area contributed by atoms with Gasteiger partial charge in [0.1, 0.15) is 0 Å². The molecule has 0 aliphatic carbocycles. The molecule has 3 amide bonds. The smallest absolute Gasteiger partial charge is 0.324 e. The minimum Gasteiger partial charge on any atom is -0.324 e. The van der Waals surface area contributed by atoms with Crippen LogP contribution in [0.5, 0.6) is 0 Å². The largest absolute Gasteiger partial charge is 0.327 e. The minimum atomic E-state index is -0.694. The van der Waals surface area contributed by atoms with E-state index in [1.165, 1.54) is 0 Å². The van der Waals surface area contributed by atoms with E-state index in [9.17, 15) is 9.59 Å². The van der Waals surface area contributed by atoms with Gasteiger partial charge in [0.05, 0.1) is 0 Å². The second-order valence-electron chi connectivity index (χ2n) is 4.05. The summed E-state index contributed by atoms with van der Waals surface area (Å²) in [6, 6.07) is -0.450. The van der Waals surface area contributed by atoms with Crippen molar-refractivity contribution in [2.75, 3.05) is 13.1 Å². The Morgan fingerprint density at radius 1 is 1.20 bits per heavy atom. The Kier molecular flexibility index (Phi) is 4.39. The second kappa shape index (κ2) is 5.35. The fourth-order valence-corrected chi connectivity index (χ4v) is 2.00. The molecule has 1 rings (SSSR count). The van der Waals surface area contributed by atoms with Crippen LogP contribution in [0.25, 0.3) is 0 Å². The summed E-state index contributed by atoms with van der Waals surface area (Å²) in [5.41, 5.74) is 0. The summed E-state index contributed by atoms with van der Waals surface area (Å²) in [5.74, 6) is 0. The normalized spacial score (nSPS) is 16.7. The highest BCUT2D eigenvalue weighted by Crippen LogP contribution is 2.14. The molecule has 0 radical (unpaired) electrons. The monoisotopic (exact) mass is 232 g/mol. The van der Waals surface area contributed by atoms with E-state index < -0.39 is 5.37 Å². The maximum absolute atomic E-state index is 11.9. The van der Waals surface area contributed by atoms with Crippen molar-refractivity contribution in [3.05, 3.63) is 0 Å². The zero-order valence-electron chi connectivity index (χ0n) is 9.20. The van der Waals surface area contributed by atoms with Crippen LogP contribution in [-0.4, -0.2) is 40.3 Å². The lowest BCUT2D eigenvalue weighted by Gasteiger charge is -2.32. The fourth-order valence-electron chi connectivity index (χ4n) is 1.74. The zero-order valence-corrected chi connectivity index (χ0v) is 9.96. The van der Waals surface area contributed by atoms with Crippen molar-refractivity contribution in [3.8, 4) is 0 Å². The van der Waals surface area contributed by atoms with E-state index in [1.54, 1.807) is 18.7 Å². The van der Waals surface area contributed by atoms with Gasteiger partial charge in [-0.3, -0.25) is 4.79 Å². The van der Waals surface area contributed by atoms with E-state index in [-0.39, 0.29) is 12.1 Å². The van der Waals surface area contributed by atoms with Gasteiger partial charge in [0.15, 0.2) is 0 Å². The molecule has 1 heterocycles. The Morgan fingerprint density at radius 3 is 2.13 bits per heavy atom. The predicted octanol–water partition coefficient (Wildman–Crippen LogP) is 2.66. The molecule has 0 aromatic rings. The Balaban J connectivity index is 2.66. The van der Waals surface area contributed by atoms with Crippen LogP contribution in [0.15, 0.2) is 0 Å². The third-order valence-corrected chi connectivity index (χ3v) is 2.72. The summed E-state index contributed by atoms with van der Waals surface area (Å²) < 4.78 is 0. The third kappa shape index (κ3) is 3.09. The highest BCUT2D eigenvalue weighted by Gasteiger charge is 2.28. The van der Waals surface area contributed by atoms with Crippen LogP contribution in [0.4, 0.5) is 9.59 Å². The van der Waals surface area contributed by atoms with Crippen LogP contribution in [-0.2, 0) is 0 Å². The molecule has 0 aromatic heterocycles. The van der Waals surface area contributed by atoms with E-state index in [0.717, 1.165) is 37.3 Å². The second-order valence-corrected chi connectivity index (χ2v) is 4.37. The molecule has 0 atom stereocenters. The van der Waals surface area contributed by atoms with Gasteiger partial charge in [0.25, 0.3) is 0 Å². The molecule has 4 nitrogen and oxygen atoms in total. The molecule has 1 saturated heterocycles. The first kappa shape index (κ1) is 12.3. The quantitative estimate of drug-likeness (QED) is 0.515. The van der Waals surface area contributed by atoms with Gasteiger partial charge >= 0.3 is 11.4 Å². The van der Waals surface area contributed by atoms with Crippen molar-refractivity contribution in [2.24, 2.45) is 0 Å². The number of nitrogens with zero attached hydrogens (tertiary/aromatic N) is 2. The first-order valence-electron chi connectivity index (χ1n) is 5.31. The van der Waals surface area contributed by atoms with Crippen LogP contribution < -0.4 is 0 Å². The summed E-state index contributed by atoms with van der Waals surface area (Å²) in [6.07, 6.45) is 3.17. The predicted molar refractivity (Wildman–Crippen MR) is 59.0 cm³/mol. The molecule has 0 unspecified atom stereocenters. The molecular formula is C10H17ClN2O2. The molecule has 0 N–H and O–H groups in total. The van der Waals surface area contributed by atoms with Gasteiger partial charge < -0.3 is 4.90 Å². The van der Waals surface area contributed by atoms with Crippen LogP contribution in [0, 0.1) is 0 Å². The molecule has 1 aliphatic heterocycles. The Labute approximate surface area is 95.2 Å². The maximum Gasteiger partial charge on any atom is 0.327 e. The standard InChI is InChI=1S/C10H17ClN2O2/c1-8(2)13(9(11)14)10(15)12-6-4-3-5-7-12/h8H,3-7H2,1-2H3. The van der Waals surface area contributed by atoms with Crippen molar-refractivity contribution < 1.29 is 9.59 Å². The van der Waals surface area contributed by atoms with Crippen molar-refractivity contribution in [1.82, 2.24) is 9.80 Å². The van der Waals surface area contributed by atoms with E-state index >= 15 is 0 Å². The third-order valence-electron chi connectivity index (χ3n) is 2.54. The Morgan fingerprint density at radius 2 is 1.73 bits per heavy atom. The number of likely N-dealkylation sites (tertiary alicyclic amines) is 1. The molecule has 0 bridgehead atoms. The number of hydrogen-bond acceptors (Lipinski definition) is 2. The van der Waals surface area contributed by atoms with Gasteiger partial charge in [-0.2, -0.15) is 0 Å². The first-order valence-corrected chi connectivity index (χ1v) is 5.69. The minimum absolute atomic E-state index is 0.190. The highest BCUT2D eigenvalue weighted by molar-refractivity contribution is 6.64.